The number of thiophene rings is 2. The van der Waals surface area contributed by atoms with Gasteiger partial charge in [0.15, 0.2) is 0 Å². The molecule has 6 rings (SSSR count). The fraction of sp³-hybridized carbons (Fsp3) is 0.167. The average Bonchev–Trinajstić information content (AvgIpc) is 3.37. The molecule has 0 aliphatic rings. The lowest BCUT2D eigenvalue weighted by Gasteiger charge is -2.22. The van der Waals surface area contributed by atoms with E-state index in [0.29, 0.717) is 0 Å². The van der Waals surface area contributed by atoms with Crippen molar-refractivity contribution in [2.75, 3.05) is 0 Å². The first-order valence-corrected chi connectivity index (χ1v) is 12.9. The quantitative estimate of drug-likeness (QED) is 0.249. The van der Waals surface area contributed by atoms with Crippen molar-refractivity contribution in [1.29, 1.82) is 0 Å². The molecular formula is C30H25NS2. The zero-order chi connectivity index (χ0) is 22.7. The predicted molar refractivity (Wildman–Crippen MR) is 147 cm³/mol. The van der Waals surface area contributed by atoms with Gasteiger partial charge in [0, 0.05) is 37.2 Å². The SMILES string of the molecule is Cc1sc2ccccc2c1-c1cc2ccnc(-c3cc(C(C)(C)C)c4ccccc4c3)c2s1. The second-order valence-corrected chi connectivity index (χ2v) is 12.0. The van der Waals surface area contributed by atoms with E-state index in [9.17, 15) is 0 Å². The van der Waals surface area contributed by atoms with Gasteiger partial charge in [-0.05, 0) is 64.4 Å². The van der Waals surface area contributed by atoms with E-state index in [0.717, 1.165) is 5.69 Å². The lowest BCUT2D eigenvalue weighted by Crippen LogP contribution is -2.12. The van der Waals surface area contributed by atoms with Crippen molar-refractivity contribution in [2.45, 2.75) is 33.1 Å². The molecule has 0 saturated carbocycles. The Morgan fingerprint density at radius 2 is 1.52 bits per heavy atom. The summed E-state index contributed by atoms with van der Waals surface area (Å²) in [7, 11) is 0. The summed E-state index contributed by atoms with van der Waals surface area (Å²) in [5.74, 6) is 0. The van der Waals surface area contributed by atoms with Gasteiger partial charge < -0.3 is 0 Å². The monoisotopic (exact) mass is 463 g/mol. The third-order valence-corrected chi connectivity index (χ3v) is 8.66. The minimum absolute atomic E-state index is 0.0524. The van der Waals surface area contributed by atoms with E-state index in [1.165, 1.54) is 57.4 Å². The molecule has 0 bridgehead atoms. The van der Waals surface area contributed by atoms with Gasteiger partial charge >= 0.3 is 0 Å². The Morgan fingerprint density at radius 3 is 2.33 bits per heavy atom. The Hall–Kier alpha value is -3.01. The molecule has 0 aliphatic heterocycles. The van der Waals surface area contributed by atoms with Gasteiger partial charge in [-0.1, -0.05) is 63.2 Å². The van der Waals surface area contributed by atoms with Crippen LogP contribution in [-0.2, 0) is 5.41 Å². The molecule has 33 heavy (non-hydrogen) atoms. The van der Waals surface area contributed by atoms with Crippen LogP contribution in [0.25, 0.3) is 52.6 Å². The summed E-state index contributed by atoms with van der Waals surface area (Å²) in [6.07, 6.45) is 1.96. The molecule has 0 N–H and O–H groups in total. The summed E-state index contributed by atoms with van der Waals surface area (Å²) < 4.78 is 2.61. The van der Waals surface area contributed by atoms with E-state index in [4.69, 9.17) is 4.98 Å². The first-order valence-electron chi connectivity index (χ1n) is 11.3. The summed E-state index contributed by atoms with van der Waals surface area (Å²) in [4.78, 5) is 7.60. The van der Waals surface area contributed by atoms with Crippen LogP contribution in [0.3, 0.4) is 0 Å². The maximum atomic E-state index is 4.90. The van der Waals surface area contributed by atoms with Crippen molar-refractivity contribution >= 4 is 53.6 Å². The number of rotatable bonds is 2. The molecule has 0 atom stereocenters. The normalized spacial score (nSPS) is 12.2. The van der Waals surface area contributed by atoms with Crippen LogP contribution in [0.5, 0.6) is 0 Å². The van der Waals surface area contributed by atoms with Crippen molar-refractivity contribution in [3.05, 3.63) is 89.4 Å². The van der Waals surface area contributed by atoms with Gasteiger partial charge in [-0.3, -0.25) is 4.98 Å². The molecule has 162 valence electrons. The van der Waals surface area contributed by atoms with Crippen molar-refractivity contribution in [2.24, 2.45) is 0 Å². The Balaban J connectivity index is 1.60. The van der Waals surface area contributed by atoms with Crippen LogP contribution in [0.1, 0.15) is 31.2 Å². The van der Waals surface area contributed by atoms with Crippen molar-refractivity contribution in [3.8, 4) is 21.7 Å². The van der Waals surface area contributed by atoms with Crippen molar-refractivity contribution in [3.63, 3.8) is 0 Å². The summed E-state index contributed by atoms with van der Waals surface area (Å²) in [5.41, 5.74) is 5.07. The maximum Gasteiger partial charge on any atom is 0.0880 e. The second kappa shape index (κ2) is 7.51. The van der Waals surface area contributed by atoms with Gasteiger partial charge in [-0.15, -0.1) is 22.7 Å². The number of benzene rings is 3. The number of fused-ring (bicyclic) bond motifs is 3. The van der Waals surface area contributed by atoms with Crippen LogP contribution < -0.4 is 0 Å². The molecule has 0 spiro atoms. The highest BCUT2D eigenvalue weighted by Crippen LogP contribution is 2.45. The predicted octanol–water partition coefficient (Wildman–Crippen LogP) is 9.60. The minimum atomic E-state index is 0.0524. The maximum absolute atomic E-state index is 4.90. The van der Waals surface area contributed by atoms with E-state index < -0.39 is 0 Å². The van der Waals surface area contributed by atoms with E-state index in [1.54, 1.807) is 0 Å². The van der Waals surface area contributed by atoms with Crippen LogP contribution in [-0.4, -0.2) is 4.98 Å². The van der Waals surface area contributed by atoms with E-state index in [2.05, 4.69) is 100 Å². The number of nitrogens with zero attached hydrogens (tertiary/aromatic N) is 1. The molecule has 3 heterocycles. The van der Waals surface area contributed by atoms with Gasteiger partial charge in [0.05, 0.1) is 10.4 Å². The zero-order valence-electron chi connectivity index (χ0n) is 19.3. The van der Waals surface area contributed by atoms with Crippen LogP contribution in [0.2, 0.25) is 0 Å². The molecule has 0 fully saturated rings. The number of hydrogen-bond donors (Lipinski definition) is 0. The molecule has 6 aromatic rings. The van der Waals surface area contributed by atoms with Crippen LogP contribution in [0.15, 0.2) is 79.0 Å². The van der Waals surface area contributed by atoms with Gasteiger partial charge in [0.2, 0.25) is 0 Å². The third kappa shape index (κ3) is 3.38. The number of aryl methyl sites for hydroxylation is 1. The molecule has 0 unspecified atom stereocenters. The van der Waals surface area contributed by atoms with E-state index >= 15 is 0 Å². The fourth-order valence-corrected chi connectivity index (χ4v) is 7.26. The minimum Gasteiger partial charge on any atom is -0.255 e. The summed E-state index contributed by atoms with van der Waals surface area (Å²) in [5, 5.41) is 5.21. The summed E-state index contributed by atoms with van der Waals surface area (Å²) >= 11 is 3.75. The first-order chi connectivity index (χ1) is 15.9. The summed E-state index contributed by atoms with van der Waals surface area (Å²) in [6.45, 7) is 9.11. The molecule has 1 nitrogen and oxygen atoms in total. The highest BCUT2D eigenvalue weighted by molar-refractivity contribution is 7.24. The lowest BCUT2D eigenvalue weighted by molar-refractivity contribution is 0.596. The van der Waals surface area contributed by atoms with Crippen LogP contribution in [0, 0.1) is 6.92 Å². The first kappa shape index (κ1) is 20.6. The highest BCUT2D eigenvalue weighted by Gasteiger charge is 2.20. The van der Waals surface area contributed by atoms with Crippen LogP contribution >= 0.6 is 22.7 Å². The molecule has 0 aliphatic carbocycles. The highest BCUT2D eigenvalue weighted by atomic mass is 32.1. The largest absolute Gasteiger partial charge is 0.255 e. The summed E-state index contributed by atoms with van der Waals surface area (Å²) in [6, 6.07) is 26.6. The Labute approximate surface area is 202 Å². The van der Waals surface area contributed by atoms with Crippen LogP contribution in [0.4, 0.5) is 0 Å². The number of aromatic nitrogens is 1. The number of hydrogen-bond acceptors (Lipinski definition) is 3. The molecule has 0 saturated heterocycles. The van der Waals surface area contributed by atoms with Gasteiger partial charge in [0.1, 0.15) is 0 Å². The fourth-order valence-electron chi connectivity index (χ4n) is 4.84. The standard InChI is InChI=1S/C30H25NS2/c1-18-27(23-11-7-8-12-25(23)32-18)26-17-20-13-14-31-28(29(20)33-26)21-15-19-9-5-6-10-22(19)24(16-21)30(2,3)4/h5-17H,1-4H3. The van der Waals surface area contributed by atoms with Gasteiger partial charge in [-0.2, -0.15) is 0 Å². The van der Waals surface area contributed by atoms with Gasteiger partial charge in [0.25, 0.3) is 0 Å². The molecule has 3 aromatic carbocycles. The smallest absolute Gasteiger partial charge is 0.0880 e. The molecule has 3 aromatic heterocycles. The van der Waals surface area contributed by atoms with Crippen molar-refractivity contribution < 1.29 is 0 Å². The number of pyridine rings is 1. The molecule has 3 heteroatoms. The van der Waals surface area contributed by atoms with E-state index in [-0.39, 0.29) is 5.41 Å². The lowest BCUT2D eigenvalue weighted by atomic mass is 9.82. The van der Waals surface area contributed by atoms with Gasteiger partial charge in [-0.25, -0.2) is 0 Å². The average molecular weight is 464 g/mol. The second-order valence-electron chi connectivity index (χ2n) is 9.71. The van der Waals surface area contributed by atoms with Crippen molar-refractivity contribution in [1.82, 2.24) is 4.98 Å². The molecule has 0 amide bonds. The topological polar surface area (TPSA) is 12.9 Å². The molecule has 0 radical (unpaired) electrons. The zero-order valence-corrected chi connectivity index (χ0v) is 20.9. The Kier molecular flexibility index (Phi) is 4.69. The Morgan fingerprint density at radius 1 is 0.758 bits per heavy atom. The van der Waals surface area contributed by atoms with E-state index in [1.807, 2.05) is 28.9 Å². The molecular weight excluding hydrogens is 438 g/mol. The Bertz CT molecular complexity index is 1660. The third-order valence-electron chi connectivity index (χ3n) is 6.39.